The summed E-state index contributed by atoms with van der Waals surface area (Å²) in [5, 5.41) is 12.2. The third-order valence-corrected chi connectivity index (χ3v) is 4.61. The molecule has 4 rings (SSSR count). The number of rotatable bonds is 5. The van der Waals surface area contributed by atoms with E-state index in [2.05, 4.69) is 51.7 Å². The fraction of sp³-hybridized carbons (Fsp3) is 0.421. The molecule has 1 unspecified atom stereocenters. The molecule has 3 aromatic rings. The minimum Gasteiger partial charge on any atom is -0.332 e. The van der Waals surface area contributed by atoms with Gasteiger partial charge in [-0.2, -0.15) is 10.1 Å². The van der Waals surface area contributed by atoms with E-state index in [1.165, 1.54) is 12.0 Å². The van der Waals surface area contributed by atoms with Crippen LogP contribution >= 0.6 is 0 Å². The minimum absolute atomic E-state index is 0.393. The first-order chi connectivity index (χ1) is 12.7. The second-order valence-electron chi connectivity index (χ2n) is 7.04. The van der Waals surface area contributed by atoms with Crippen LogP contribution < -0.4 is 5.32 Å². The van der Waals surface area contributed by atoms with Gasteiger partial charge in [-0.05, 0) is 45.1 Å². The lowest BCUT2D eigenvalue weighted by Crippen LogP contribution is -2.31. The summed E-state index contributed by atoms with van der Waals surface area (Å²) >= 11 is 0. The predicted molar refractivity (Wildman–Crippen MR) is 99.5 cm³/mol. The molecule has 0 amide bonds. The quantitative estimate of drug-likeness (QED) is 0.761. The fourth-order valence-electron chi connectivity index (χ4n) is 3.28. The van der Waals surface area contributed by atoms with E-state index in [1.807, 2.05) is 29.1 Å². The Balaban J connectivity index is 1.50. The van der Waals surface area contributed by atoms with Gasteiger partial charge in [-0.25, -0.2) is 0 Å². The molecule has 2 aromatic heterocycles. The first-order valence-corrected chi connectivity index (χ1v) is 9.03. The van der Waals surface area contributed by atoms with Gasteiger partial charge in [0.25, 0.3) is 5.89 Å². The first kappa shape index (κ1) is 16.9. The Kier molecular flexibility index (Phi) is 4.81. The predicted octanol–water partition coefficient (Wildman–Crippen LogP) is 2.59. The normalized spacial score (nSPS) is 17.7. The molecule has 0 spiro atoms. The zero-order valence-corrected chi connectivity index (χ0v) is 15.2. The SMILES string of the molecule is CN(C)Cc1ccc(-c2noc(-c3ccn(C4CCCNC4)n3)n2)cc1. The van der Waals surface area contributed by atoms with Crippen molar-refractivity contribution >= 4 is 0 Å². The van der Waals surface area contributed by atoms with Crippen molar-refractivity contribution in [1.82, 2.24) is 30.1 Å². The lowest BCUT2D eigenvalue weighted by atomic mass is 10.1. The van der Waals surface area contributed by atoms with Crippen LogP contribution in [0, 0.1) is 0 Å². The lowest BCUT2D eigenvalue weighted by Gasteiger charge is -2.22. The van der Waals surface area contributed by atoms with E-state index in [9.17, 15) is 0 Å². The molecule has 1 aliphatic heterocycles. The summed E-state index contributed by atoms with van der Waals surface area (Å²) in [7, 11) is 4.11. The van der Waals surface area contributed by atoms with Gasteiger partial charge in [0.1, 0.15) is 0 Å². The third kappa shape index (κ3) is 3.68. The van der Waals surface area contributed by atoms with Crippen molar-refractivity contribution in [1.29, 1.82) is 0 Å². The molecule has 1 N–H and O–H groups in total. The van der Waals surface area contributed by atoms with Crippen LogP contribution in [-0.4, -0.2) is 52.0 Å². The maximum Gasteiger partial charge on any atom is 0.278 e. The van der Waals surface area contributed by atoms with Crippen molar-refractivity contribution in [2.75, 3.05) is 27.2 Å². The average Bonchev–Trinajstić information content (AvgIpc) is 3.32. The topological polar surface area (TPSA) is 72.0 Å². The molecule has 1 saturated heterocycles. The van der Waals surface area contributed by atoms with Crippen LogP contribution in [0.5, 0.6) is 0 Å². The number of benzene rings is 1. The molecule has 1 atom stereocenters. The fourth-order valence-corrected chi connectivity index (χ4v) is 3.28. The van der Waals surface area contributed by atoms with Crippen LogP contribution in [0.15, 0.2) is 41.1 Å². The van der Waals surface area contributed by atoms with Crippen molar-refractivity contribution < 1.29 is 4.52 Å². The number of nitrogens with one attached hydrogen (secondary N) is 1. The third-order valence-electron chi connectivity index (χ3n) is 4.61. The molecular weight excluding hydrogens is 328 g/mol. The van der Waals surface area contributed by atoms with E-state index < -0.39 is 0 Å². The average molecular weight is 352 g/mol. The highest BCUT2D eigenvalue weighted by Crippen LogP contribution is 2.23. The van der Waals surface area contributed by atoms with Gasteiger partial charge >= 0.3 is 0 Å². The van der Waals surface area contributed by atoms with Gasteiger partial charge in [0.05, 0.1) is 6.04 Å². The van der Waals surface area contributed by atoms with Crippen molar-refractivity contribution in [3.05, 3.63) is 42.1 Å². The molecule has 0 radical (unpaired) electrons. The van der Waals surface area contributed by atoms with E-state index in [0.717, 1.165) is 37.3 Å². The zero-order chi connectivity index (χ0) is 17.9. The Labute approximate surface area is 153 Å². The Morgan fingerprint density at radius 1 is 1.23 bits per heavy atom. The van der Waals surface area contributed by atoms with E-state index >= 15 is 0 Å². The summed E-state index contributed by atoms with van der Waals surface area (Å²) in [5.41, 5.74) is 2.92. The highest BCUT2D eigenvalue weighted by molar-refractivity contribution is 5.58. The Morgan fingerprint density at radius 2 is 2.08 bits per heavy atom. The summed E-state index contributed by atoms with van der Waals surface area (Å²) < 4.78 is 7.44. The molecule has 1 aromatic carbocycles. The van der Waals surface area contributed by atoms with Gasteiger partial charge < -0.3 is 14.7 Å². The summed E-state index contributed by atoms with van der Waals surface area (Å²) in [6.07, 6.45) is 4.31. The number of nitrogens with zero attached hydrogens (tertiary/aromatic N) is 5. The number of aromatic nitrogens is 4. The molecule has 7 heteroatoms. The molecular formula is C19H24N6O. The largest absolute Gasteiger partial charge is 0.332 e. The Hall–Kier alpha value is -2.51. The van der Waals surface area contributed by atoms with Crippen molar-refractivity contribution in [3.8, 4) is 23.0 Å². The van der Waals surface area contributed by atoms with Crippen molar-refractivity contribution in [3.63, 3.8) is 0 Å². The second kappa shape index (κ2) is 7.39. The monoisotopic (exact) mass is 352 g/mol. The van der Waals surface area contributed by atoms with Crippen LogP contribution in [0.1, 0.15) is 24.4 Å². The minimum atomic E-state index is 0.393. The number of piperidine rings is 1. The molecule has 1 fully saturated rings. The van der Waals surface area contributed by atoms with Gasteiger partial charge in [0.2, 0.25) is 5.82 Å². The number of hydrogen-bond donors (Lipinski definition) is 1. The van der Waals surface area contributed by atoms with Crippen LogP contribution in [0.2, 0.25) is 0 Å². The Morgan fingerprint density at radius 3 is 2.81 bits per heavy atom. The second-order valence-corrected chi connectivity index (χ2v) is 7.04. The highest BCUT2D eigenvalue weighted by Gasteiger charge is 2.18. The van der Waals surface area contributed by atoms with E-state index in [4.69, 9.17) is 4.52 Å². The smallest absolute Gasteiger partial charge is 0.278 e. The van der Waals surface area contributed by atoms with Crippen molar-refractivity contribution in [2.45, 2.75) is 25.4 Å². The van der Waals surface area contributed by atoms with Crippen LogP contribution in [0.25, 0.3) is 23.0 Å². The van der Waals surface area contributed by atoms with Gasteiger partial charge in [0.15, 0.2) is 5.69 Å². The maximum absolute atomic E-state index is 5.44. The molecule has 0 saturated carbocycles. The molecule has 136 valence electrons. The number of hydrogen-bond acceptors (Lipinski definition) is 6. The van der Waals surface area contributed by atoms with Gasteiger partial charge in [-0.3, -0.25) is 4.68 Å². The van der Waals surface area contributed by atoms with Gasteiger partial charge in [-0.15, -0.1) is 0 Å². The summed E-state index contributed by atoms with van der Waals surface area (Å²) in [5.74, 6) is 1.05. The van der Waals surface area contributed by atoms with E-state index in [0.29, 0.717) is 17.8 Å². The maximum atomic E-state index is 5.44. The first-order valence-electron chi connectivity index (χ1n) is 9.03. The Bertz CT molecular complexity index is 845. The zero-order valence-electron chi connectivity index (χ0n) is 15.2. The van der Waals surface area contributed by atoms with Crippen LogP contribution in [0.4, 0.5) is 0 Å². The van der Waals surface area contributed by atoms with Gasteiger partial charge in [0, 0.05) is 24.8 Å². The molecule has 7 nitrogen and oxygen atoms in total. The standard InChI is InChI=1S/C19H24N6O/c1-24(2)13-14-5-7-15(8-6-14)18-21-19(26-23-18)17-9-11-25(22-17)16-4-3-10-20-12-16/h5-9,11,16,20H,3-4,10,12-13H2,1-2H3. The molecule has 26 heavy (non-hydrogen) atoms. The van der Waals surface area contributed by atoms with Gasteiger partial charge in [-0.1, -0.05) is 29.4 Å². The summed E-state index contributed by atoms with van der Waals surface area (Å²) in [4.78, 5) is 6.66. The highest BCUT2D eigenvalue weighted by atomic mass is 16.5. The molecule has 0 aliphatic carbocycles. The molecule has 1 aliphatic rings. The van der Waals surface area contributed by atoms with E-state index in [1.54, 1.807) is 0 Å². The summed E-state index contributed by atoms with van der Waals surface area (Å²) in [6.45, 7) is 2.95. The van der Waals surface area contributed by atoms with Crippen LogP contribution in [0.3, 0.4) is 0 Å². The lowest BCUT2D eigenvalue weighted by molar-refractivity contribution is 0.346. The summed E-state index contributed by atoms with van der Waals surface area (Å²) in [6, 6.07) is 10.6. The van der Waals surface area contributed by atoms with Crippen molar-refractivity contribution in [2.24, 2.45) is 0 Å². The van der Waals surface area contributed by atoms with Crippen LogP contribution in [-0.2, 0) is 6.54 Å². The molecule has 3 heterocycles. The van der Waals surface area contributed by atoms with E-state index in [-0.39, 0.29) is 0 Å². The molecule has 0 bridgehead atoms.